The van der Waals surface area contributed by atoms with Gasteiger partial charge in [0.05, 0.1) is 6.10 Å². The van der Waals surface area contributed by atoms with E-state index in [0.717, 1.165) is 17.5 Å². The van der Waals surface area contributed by atoms with Gasteiger partial charge in [0.1, 0.15) is 12.2 Å². The van der Waals surface area contributed by atoms with Crippen LogP contribution in [0.2, 0.25) is 0 Å². The molecule has 2 aliphatic rings. The third kappa shape index (κ3) is 3.09. The van der Waals surface area contributed by atoms with E-state index < -0.39 is 47.8 Å². The standard InChI is InChI=1S/C14H22FN3O5/c1-3-4-5-9(19)14(16)8(15)6-18(13(22)17-14)12-11(21)10(20)7(2)23-12/h6-7,10-12,20-21H,3-5,16H2,1-2H3,(H,17,22)/t7-,10-,11-,12-,14?/m1/s1. The molecule has 0 aromatic carbocycles. The van der Waals surface area contributed by atoms with Gasteiger partial charge < -0.3 is 20.3 Å². The van der Waals surface area contributed by atoms with Crippen molar-refractivity contribution in [3.05, 3.63) is 12.0 Å². The van der Waals surface area contributed by atoms with Crippen molar-refractivity contribution in [2.75, 3.05) is 0 Å². The van der Waals surface area contributed by atoms with Crippen molar-refractivity contribution in [1.82, 2.24) is 10.2 Å². The van der Waals surface area contributed by atoms with E-state index in [0.29, 0.717) is 6.42 Å². The van der Waals surface area contributed by atoms with Gasteiger partial charge in [0, 0.05) is 12.6 Å². The number of urea groups is 1. The molecule has 8 nitrogen and oxygen atoms in total. The Kier molecular flexibility index (Phi) is 5.04. The highest BCUT2D eigenvalue weighted by Crippen LogP contribution is 2.29. The Morgan fingerprint density at radius 3 is 2.70 bits per heavy atom. The van der Waals surface area contributed by atoms with Crippen LogP contribution in [0.15, 0.2) is 12.0 Å². The maximum Gasteiger partial charge on any atom is 0.325 e. The number of amides is 2. The van der Waals surface area contributed by atoms with E-state index >= 15 is 0 Å². The smallest absolute Gasteiger partial charge is 0.325 e. The molecule has 0 aromatic heterocycles. The molecule has 0 spiro atoms. The van der Waals surface area contributed by atoms with Crippen LogP contribution in [-0.2, 0) is 9.53 Å². The average molecular weight is 331 g/mol. The zero-order valence-electron chi connectivity index (χ0n) is 13.0. The van der Waals surface area contributed by atoms with E-state index in [9.17, 15) is 24.2 Å². The number of nitrogens with one attached hydrogen (secondary N) is 1. The van der Waals surface area contributed by atoms with E-state index in [1.165, 1.54) is 6.92 Å². The van der Waals surface area contributed by atoms with Crippen LogP contribution in [0, 0.1) is 0 Å². The number of ketones is 1. The third-order valence-electron chi connectivity index (χ3n) is 4.12. The summed E-state index contributed by atoms with van der Waals surface area (Å²) in [5.74, 6) is -1.69. The number of ether oxygens (including phenoxy) is 1. The Balaban J connectivity index is 2.22. The maximum atomic E-state index is 14.4. The molecular formula is C14H22FN3O5. The van der Waals surface area contributed by atoms with Crippen LogP contribution < -0.4 is 11.1 Å². The lowest BCUT2D eigenvalue weighted by Gasteiger charge is -2.37. The molecule has 5 atom stereocenters. The van der Waals surface area contributed by atoms with Gasteiger partial charge in [0.15, 0.2) is 17.8 Å². The Morgan fingerprint density at radius 2 is 2.17 bits per heavy atom. The van der Waals surface area contributed by atoms with Crippen molar-refractivity contribution in [2.24, 2.45) is 5.73 Å². The van der Waals surface area contributed by atoms with Gasteiger partial charge in [-0.2, -0.15) is 0 Å². The zero-order chi connectivity index (χ0) is 17.4. The SMILES string of the molecule is CCCCC(=O)C1(N)NC(=O)N([C@@H]2O[C@H](C)[C@@H](O)[C@H]2O)C=C1F. The van der Waals surface area contributed by atoms with Gasteiger partial charge in [-0.1, -0.05) is 13.3 Å². The lowest BCUT2D eigenvalue weighted by Crippen LogP contribution is -2.68. The first-order chi connectivity index (χ1) is 10.7. The fourth-order valence-electron chi connectivity index (χ4n) is 2.56. The van der Waals surface area contributed by atoms with Crippen molar-refractivity contribution >= 4 is 11.8 Å². The molecule has 130 valence electrons. The Morgan fingerprint density at radius 1 is 1.52 bits per heavy atom. The minimum Gasteiger partial charge on any atom is -0.388 e. The number of hydrogen-bond acceptors (Lipinski definition) is 6. The number of unbranched alkanes of at least 4 members (excludes halogenated alkanes) is 1. The lowest BCUT2D eigenvalue weighted by molar-refractivity contribution is -0.125. The number of carbonyl (C=O) groups excluding carboxylic acids is 2. The summed E-state index contributed by atoms with van der Waals surface area (Å²) in [4.78, 5) is 25.0. The highest BCUT2D eigenvalue weighted by atomic mass is 19.1. The molecule has 1 unspecified atom stereocenters. The third-order valence-corrected chi connectivity index (χ3v) is 4.12. The number of halogens is 1. The molecule has 2 aliphatic heterocycles. The highest BCUT2D eigenvalue weighted by molar-refractivity contribution is 5.96. The fourth-order valence-corrected chi connectivity index (χ4v) is 2.56. The molecule has 0 radical (unpaired) electrons. The van der Waals surface area contributed by atoms with Gasteiger partial charge in [-0.05, 0) is 13.3 Å². The second-order valence-corrected chi connectivity index (χ2v) is 5.86. The second kappa shape index (κ2) is 6.52. The second-order valence-electron chi connectivity index (χ2n) is 5.86. The highest BCUT2D eigenvalue weighted by Gasteiger charge is 2.50. The molecule has 2 rings (SSSR count). The molecule has 1 saturated heterocycles. The van der Waals surface area contributed by atoms with E-state index in [2.05, 4.69) is 5.32 Å². The molecule has 0 aliphatic carbocycles. The maximum absolute atomic E-state index is 14.4. The molecule has 1 fully saturated rings. The van der Waals surface area contributed by atoms with Crippen molar-refractivity contribution in [2.45, 2.75) is 63.3 Å². The van der Waals surface area contributed by atoms with Crippen molar-refractivity contribution in [1.29, 1.82) is 0 Å². The summed E-state index contributed by atoms with van der Waals surface area (Å²) in [6.45, 7) is 3.38. The monoisotopic (exact) mass is 331 g/mol. The van der Waals surface area contributed by atoms with Gasteiger partial charge in [-0.25, -0.2) is 9.18 Å². The van der Waals surface area contributed by atoms with Crippen LogP contribution >= 0.6 is 0 Å². The Labute approximate surface area is 133 Å². The largest absolute Gasteiger partial charge is 0.388 e. The topological polar surface area (TPSA) is 125 Å². The van der Waals surface area contributed by atoms with Gasteiger partial charge in [-0.15, -0.1) is 0 Å². The molecule has 23 heavy (non-hydrogen) atoms. The first-order valence-corrected chi connectivity index (χ1v) is 7.54. The summed E-state index contributed by atoms with van der Waals surface area (Å²) in [7, 11) is 0. The van der Waals surface area contributed by atoms with Gasteiger partial charge in [0.25, 0.3) is 0 Å². The molecule has 0 saturated carbocycles. The summed E-state index contributed by atoms with van der Waals surface area (Å²) in [5.41, 5.74) is 3.51. The summed E-state index contributed by atoms with van der Waals surface area (Å²) < 4.78 is 19.6. The van der Waals surface area contributed by atoms with Crippen LogP contribution in [0.1, 0.15) is 33.1 Å². The number of nitrogens with zero attached hydrogens (tertiary/aromatic N) is 1. The molecular weight excluding hydrogens is 309 g/mol. The van der Waals surface area contributed by atoms with Gasteiger partial charge in [-0.3, -0.25) is 15.4 Å². The number of carbonyl (C=O) groups is 2. The van der Waals surface area contributed by atoms with Crippen LogP contribution in [0.3, 0.4) is 0 Å². The van der Waals surface area contributed by atoms with E-state index in [1.54, 1.807) is 0 Å². The van der Waals surface area contributed by atoms with Crippen molar-refractivity contribution in [3.8, 4) is 0 Å². The van der Waals surface area contributed by atoms with E-state index in [4.69, 9.17) is 10.5 Å². The minimum absolute atomic E-state index is 0.0346. The number of nitrogens with two attached hydrogens (primary N) is 1. The number of aliphatic hydroxyl groups is 2. The quantitative estimate of drug-likeness (QED) is 0.548. The Bertz CT molecular complexity index is 529. The molecule has 2 amide bonds. The zero-order valence-corrected chi connectivity index (χ0v) is 13.0. The predicted octanol–water partition coefficient (Wildman–Crippen LogP) is -0.297. The van der Waals surface area contributed by atoms with Gasteiger partial charge >= 0.3 is 6.03 Å². The summed E-state index contributed by atoms with van der Waals surface area (Å²) in [5, 5.41) is 21.7. The summed E-state index contributed by atoms with van der Waals surface area (Å²) in [6.07, 6.45) is -2.57. The van der Waals surface area contributed by atoms with E-state index in [-0.39, 0.29) is 6.42 Å². The Hall–Kier alpha value is -1.55. The van der Waals surface area contributed by atoms with Crippen LogP contribution in [0.25, 0.3) is 0 Å². The first-order valence-electron chi connectivity index (χ1n) is 7.54. The average Bonchev–Trinajstić information content (AvgIpc) is 2.76. The summed E-state index contributed by atoms with van der Waals surface area (Å²) >= 11 is 0. The number of aliphatic hydroxyl groups excluding tert-OH is 2. The minimum atomic E-state index is -2.21. The molecule has 0 bridgehead atoms. The predicted molar refractivity (Wildman–Crippen MR) is 77.4 cm³/mol. The normalized spacial score (nSPS) is 37.6. The molecule has 9 heteroatoms. The lowest BCUT2D eigenvalue weighted by atomic mass is 9.98. The number of hydrogen-bond donors (Lipinski definition) is 4. The van der Waals surface area contributed by atoms with Crippen LogP contribution in [0.4, 0.5) is 9.18 Å². The molecule has 5 N–H and O–H groups in total. The number of Topliss-reactive ketones (excluding diaryl/α,β-unsaturated/α-hetero) is 1. The summed E-state index contributed by atoms with van der Waals surface area (Å²) in [6, 6.07) is -0.885. The first kappa shape index (κ1) is 17.8. The van der Waals surface area contributed by atoms with Crippen molar-refractivity contribution in [3.63, 3.8) is 0 Å². The molecule has 0 aromatic rings. The molecule has 2 heterocycles. The van der Waals surface area contributed by atoms with Crippen LogP contribution in [-0.4, -0.2) is 57.1 Å². The fraction of sp³-hybridized carbons (Fsp3) is 0.714. The van der Waals surface area contributed by atoms with Crippen molar-refractivity contribution < 1.29 is 28.9 Å². The van der Waals surface area contributed by atoms with E-state index in [1.807, 2.05) is 6.92 Å². The van der Waals surface area contributed by atoms with Crippen LogP contribution in [0.5, 0.6) is 0 Å². The number of rotatable bonds is 5. The van der Waals surface area contributed by atoms with Gasteiger partial charge in [0.2, 0.25) is 5.66 Å².